The van der Waals surface area contributed by atoms with Crippen molar-refractivity contribution in [2.75, 3.05) is 39.7 Å². The molecule has 0 radical (unpaired) electrons. The number of hydrogen-bond donors (Lipinski definition) is 5. The van der Waals surface area contributed by atoms with Crippen molar-refractivity contribution >= 4 is 28.9 Å². The van der Waals surface area contributed by atoms with Crippen LogP contribution in [0.15, 0.2) is 23.0 Å². The highest BCUT2D eigenvalue weighted by Crippen LogP contribution is 2.54. The number of ketones is 2. The topological polar surface area (TPSA) is 174 Å². The second-order valence-corrected chi connectivity index (χ2v) is 12.3. The number of aliphatic hydroxyl groups is 3. The number of likely N-dealkylation sites (N-methyl/N-ethyl adjacent to an activating group) is 1. The Morgan fingerprint density at radius 2 is 1.77 bits per heavy atom. The first kappa shape index (κ1) is 29.6. The molecule has 1 amide bonds. The van der Waals surface area contributed by atoms with E-state index in [1.165, 1.54) is 4.90 Å². The number of carbonyl (C=O) groups is 3. The number of Topliss-reactive ketones (excluding diaryl/α,β-unsaturated/α-hetero) is 2. The minimum absolute atomic E-state index is 0.0422. The summed E-state index contributed by atoms with van der Waals surface area (Å²) in [6.07, 6.45) is 0.607. The van der Waals surface area contributed by atoms with Crippen LogP contribution in [0.2, 0.25) is 0 Å². The average molecular weight is 558 g/mol. The highest BCUT2D eigenvalue weighted by Gasteiger charge is 2.64. The van der Waals surface area contributed by atoms with E-state index in [2.05, 4.69) is 0 Å². The Hall–Kier alpha value is -3.41. The van der Waals surface area contributed by atoms with Crippen LogP contribution in [0.4, 0.5) is 5.69 Å². The van der Waals surface area contributed by atoms with Gasteiger partial charge in [0.15, 0.2) is 11.4 Å². The molecule has 1 saturated carbocycles. The molecule has 0 spiro atoms. The van der Waals surface area contributed by atoms with Gasteiger partial charge in [0.1, 0.15) is 22.8 Å². The SMILES string of the molecule is CN(C)c1cc(CCOC(C)(C)C)c(O)c2c1C[C@H]1C[C@H]3C(N(C)C)C(=O)C(C(N)=O)=C(O)[C@@]3(O)C(=O)C1=C2O. The highest BCUT2D eigenvalue weighted by molar-refractivity contribution is 6.24. The Bertz CT molecular complexity index is 1350. The van der Waals surface area contributed by atoms with E-state index in [1.807, 2.05) is 45.8 Å². The normalized spacial score (nSPS) is 26.6. The summed E-state index contributed by atoms with van der Waals surface area (Å²) in [6.45, 7) is 6.06. The molecule has 40 heavy (non-hydrogen) atoms. The molecular formula is C29H39N3O8. The van der Waals surface area contributed by atoms with E-state index in [0.29, 0.717) is 24.2 Å². The van der Waals surface area contributed by atoms with Crippen LogP contribution in [0.5, 0.6) is 5.75 Å². The monoisotopic (exact) mass is 557 g/mol. The van der Waals surface area contributed by atoms with Gasteiger partial charge in [-0.25, -0.2) is 0 Å². The van der Waals surface area contributed by atoms with Crippen molar-refractivity contribution in [2.45, 2.75) is 57.3 Å². The van der Waals surface area contributed by atoms with Crippen LogP contribution in [0, 0.1) is 11.8 Å². The van der Waals surface area contributed by atoms with Crippen molar-refractivity contribution in [3.63, 3.8) is 0 Å². The maximum Gasteiger partial charge on any atom is 0.255 e. The predicted molar refractivity (Wildman–Crippen MR) is 148 cm³/mol. The lowest BCUT2D eigenvalue weighted by molar-refractivity contribution is -0.153. The van der Waals surface area contributed by atoms with Gasteiger partial charge in [-0.05, 0) is 77.2 Å². The van der Waals surface area contributed by atoms with Crippen molar-refractivity contribution in [1.82, 2.24) is 4.90 Å². The fourth-order valence-electron chi connectivity index (χ4n) is 6.40. The zero-order chi connectivity index (χ0) is 30.1. The van der Waals surface area contributed by atoms with E-state index in [1.54, 1.807) is 14.1 Å². The van der Waals surface area contributed by atoms with Gasteiger partial charge in [0.25, 0.3) is 5.91 Å². The first-order chi connectivity index (χ1) is 18.4. The number of fused-ring (bicyclic) bond motifs is 3. The number of nitrogens with zero attached hydrogens (tertiary/aromatic N) is 2. The zero-order valence-electron chi connectivity index (χ0n) is 24.0. The molecule has 4 rings (SSSR count). The van der Waals surface area contributed by atoms with Gasteiger partial charge in [-0.3, -0.25) is 19.3 Å². The number of amides is 1. The lowest BCUT2D eigenvalue weighted by Crippen LogP contribution is -2.65. The minimum Gasteiger partial charge on any atom is -0.508 e. The van der Waals surface area contributed by atoms with Gasteiger partial charge in [0.2, 0.25) is 5.78 Å². The van der Waals surface area contributed by atoms with Crippen LogP contribution in [-0.2, 0) is 32.0 Å². The lowest BCUT2D eigenvalue weighted by atomic mass is 9.57. The molecule has 0 aromatic heterocycles. The van der Waals surface area contributed by atoms with E-state index in [9.17, 15) is 34.8 Å². The lowest BCUT2D eigenvalue weighted by Gasteiger charge is -2.50. The molecule has 4 atom stereocenters. The van der Waals surface area contributed by atoms with Crippen LogP contribution in [-0.4, -0.2) is 94.8 Å². The Morgan fingerprint density at radius 3 is 2.30 bits per heavy atom. The van der Waals surface area contributed by atoms with E-state index < -0.39 is 63.6 Å². The van der Waals surface area contributed by atoms with Crippen molar-refractivity contribution in [2.24, 2.45) is 17.6 Å². The maximum atomic E-state index is 14.0. The average Bonchev–Trinajstić information content (AvgIpc) is 2.81. The molecule has 218 valence electrons. The Balaban J connectivity index is 1.91. The molecule has 1 aromatic carbocycles. The summed E-state index contributed by atoms with van der Waals surface area (Å²) in [6, 6.07) is 0.712. The third kappa shape index (κ3) is 4.46. The largest absolute Gasteiger partial charge is 0.508 e. The number of rotatable bonds is 6. The quantitative estimate of drug-likeness (QED) is 0.322. The standard InChI is InChI=1S/C29H39N3O8/c1-28(2,3)40-9-8-13-12-17(31(4)5)15-10-14-11-16-21(32(6)7)24(35)20(27(30)38)26(37)29(16,39)25(36)18(14)23(34)19(15)22(13)33/h12,14,16,21,33-34,37,39H,8-11H2,1-7H3,(H2,30,38)/t14-,16-,21?,29-/m0/s1. The van der Waals surface area contributed by atoms with Crippen molar-refractivity contribution in [3.8, 4) is 5.75 Å². The van der Waals surface area contributed by atoms with Gasteiger partial charge in [0.05, 0.1) is 23.8 Å². The fourth-order valence-corrected chi connectivity index (χ4v) is 6.40. The molecule has 0 bridgehead atoms. The molecule has 6 N–H and O–H groups in total. The third-order valence-corrected chi connectivity index (χ3v) is 8.16. The fraction of sp³-hybridized carbons (Fsp3) is 0.552. The summed E-state index contributed by atoms with van der Waals surface area (Å²) < 4.78 is 5.83. The number of phenolic OH excluding ortho intramolecular Hbond substituents is 1. The zero-order valence-corrected chi connectivity index (χ0v) is 24.0. The number of primary amides is 1. The smallest absolute Gasteiger partial charge is 0.255 e. The number of anilines is 1. The number of phenols is 1. The Morgan fingerprint density at radius 1 is 1.15 bits per heavy atom. The molecule has 0 aliphatic heterocycles. The van der Waals surface area contributed by atoms with Gasteiger partial charge < -0.3 is 35.8 Å². The molecular weight excluding hydrogens is 518 g/mol. The van der Waals surface area contributed by atoms with E-state index in [4.69, 9.17) is 10.5 Å². The molecule has 0 saturated heterocycles. The molecule has 0 heterocycles. The van der Waals surface area contributed by atoms with Crippen LogP contribution in [0.3, 0.4) is 0 Å². The molecule has 1 unspecified atom stereocenters. The van der Waals surface area contributed by atoms with Crippen LogP contribution < -0.4 is 10.6 Å². The van der Waals surface area contributed by atoms with Crippen molar-refractivity contribution in [3.05, 3.63) is 39.7 Å². The van der Waals surface area contributed by atoms with Gasteiger partial charge in [0, 0.05) is 31.3 Å². The van der Waals surface area contributed by atoms with Gasteiger partial charge in [-0.15, -0.1) is 0 Å². The summed E-state index contributed by atoms with van der Waals surface area (Å²) in [5.74, 6) is -6.62. The summed E-state index contributed by atoms with van der Waals surface area (Å²) in [7, 11) is 6.81. The van der Waals surface area contributed by atoms with E-state index in [0.717, 1.165) is 5.69 Å². The third-order valence-electron chi connectivity index (χ3n) is 8.16. The van der Waals surface area contributed by atoms with Crippen molar-refractivity contribution < 1.29 is 39.5 Å². The number of nitrogens with two attached hydrogens (primary N) is 1. The number of aliphatic hydroxyl groups excluding tert-OH is 2. The maximum absolute atomic E-state index is 14.0. The molecule has 3 aliphatic carbocycles. The number of aromatic hydroxyl groups is 1. The molecule has 1 aromatic rings. The number of hydrogen-bond acceptors (Lipinski definition) is 10. The molecule has 1 fully saturated rings. The van der Waals surface area contributed by atoms with Crippen LogP contribution in [0.25, 0.3) is 5.76 Å². The predicted octanol–water partition coefficient (Wildman–Crippen LogP) is 1.39. The van der Waals surface area contributed by atoms with Crippen LogP contribution >= 0.6 is 0 Å². The first-order valence-corrected chi connectivity index (χ1v) is 13.3. The summed E-state index contributed by atoms with van der Waals surface area (Å²) in [5, 5.41) is 45.6. The first-order valence-electron chi connectivity index (χ1n) is 13.3. The second-order valence-electron chi connectivity index (χ2n) is 12.3. The summed E-state index contributed by atoms with van der Waals surface area (Å²) in [5.41, 5.74) is 3.26. The summed E-state index contributed by atoms with van der Waals surface area (Å²) >= 11 is 0. The second kappa shape index (κ2) is 9.90. The Kier molecular flexibility index (Phi) is 7.32. The molecule has 11 heteroatoms. The molecule has 11 nitrogen and oxygen atoms in total. The van der Waals surface area contributed by atoms with Crippen LogP contribution in [0.1, 0.15) is 43.9 Å². The number of benzene rings is 1. The summed E-state index contributed by atoms with van der Waals surface area (Å²) in [4.78, 5) is 42.7. The van der Waals surface area contributed by atoms with Gasteiger partial charge in [-0.1, -0.05) is 0 Å². The Labute approximate surface area is 233 Å². The molecule has 3 aliphatic rings. The number of carbonyl (C=O) groups excluding carboxylic acids is 3. The highest BCUT2D eigenvalue weighted by atomic mass is 16.5. The van der Waals surface area contributed by atoms with E-state index >= 15 is 0 Å². The van der Waals surface area contributed by atoms with E-state index in [-0.39, 0.29) is 29.7 Å². The number of ether oxygens (including phenoxy) is 1. The minimum atomic E-state index is -2.66. The van der Waals surface area contributed by atoms with Gasteiger partial charge in [-0.2, -0.15) is 0 Å². The van der Waals surface area contributed by atoms with Crippen molar-refractivity contribution in [1.29, 1.82) is 0 Å². The van der Waals surface area contributed by atoms with Gasteiger partial charge >= 0.3 is 0 Å².